The zero-order valence-electron chi connectivity index (χ0n) is 6.53. The number of aromatic nitrogens is 2. The lowest BCUT2D eigenvalue weighted by Gasteiger charge is -1.93. The molecule has 0 bridgehead atoms. The highest BCUT2D eigenvalue weighted by Crippen LogP contribution is 2.18. The van der Waals surface area contributed by atoms with Gasteiger partial charge in [0.15, 0.2) is 5.52 Å². The Hall–Kier alpha value is -1.47. The van der Waals surface area contributed by atoms with E-state index in [2.05, 4.69) is 30.7 Å². The smallest absolute Gasteiger partial charge is 0.288 e. The van der Waals surface area contributed by atoms with Crippen LogP contribution in [-0.2, 0) is 0 Å². The van der Waals surface area contributed by atoms with Crippen molar-refractivity contribution in [3.63, 3.8) is 0 Å². The second-order valence-electron chi connectivity index (χ2n) is 2.47. The van der Waals surface area contributed by atoms with Crippen LogP contribution in [0.1, 0.15) is 0 Å². The highest BCUT2D eigenvalue weighted by atomic mass is 79.9. The number of hydrogen-bond acceptors (Lipinski definition) is 2. The number of fused-ring (bicyclic) bond motifs is 1. The first-order valence-corrected chi connectivity index (χ1v) is 4.38. The Labute approximate surface area is 83.4 Å². The lowest BCUT2D eigenvalue weighted by Crippen LogP contribution is -1.82. The van der Waals surface area contributed by atoms with Gasteiger partial charge >= 0.3 is 0 Å². The minimum Gasteiger partial charge on any atom is -0.359 e. The molecule has 0 aliphatic rings. The molecule has 0 atom stereocenters. The third kappa shape index (κ3) is 1.51. The van der Waals surface area contributed by atoms with Gasteiger partial charge in [0, 0.05) is 10.5 Å². The molecule has 0 spiro atoms. The predicted octanol–water partition coefficient (Wildman–Crippen LogP) is 2.94. The maximum atomic E-state index is 6.78. The van der Waals surface area contributed by atoms with Gasteiger partial charge in [-0.3, -0.25) is 4.98 Å². The zero-order chi connectivity index (χ0) is 9.26. The van der Waals surface area contributed by atoms with E-state index in [0.29, 0.717) is 5.82 Å². The molecule has 4 heteroatoms. The standard InChI is InChI=1S/C9H4BrN3/c1-11-9-5-12-7-3-2-6(10)4-8(7)13-9/h2-5H. The Balaban J connectivity index is 2.77. The minimum absolute atomic E-state index is 0.325. The van der Waals surface area contributed by atoms with E-state index in [4.69, 9.17) is 6.57 Å². The van der Waals surface area contributed by atoms with E-state index in [9.17, 15) is 0 Å². The van der Waals surface area contributed by atoms with Crippen molar-refractivity contribution in [1.29, 1.82) is 0 Å². The summed E-state index contributed by atoms with van der Waals surface area (Å²) < 4.78 is 0.941. The number of nitrogens with zero attached hydrogens (tertiary/aromatic N) is 3. The molecule has 0 amide bonds. The molecule has 0 N–H and O–H groups in total. The van der Waals surface area contributed by atoms with Gasteiger partial charge in [-0.25, -0.2) is 0 Å². The van der Waals surface area contributed by atoms with Gasteiger partial charge in [-0.1, -0.05) is 22.5 Å². The quantitative estimate of drug-likeness (QED) is 0.656. The number of benzene rings is 1. The predicted molar refractivity (Wildman–Crippen MR) is 53.5 cm³/mol. The van der Waals surface area contributed by atoms with E-state index in [0.717, 1.165) is 15.5 Å². The third-order valence-electron chi connectivity index (χ3n) is 1.61. The molecule has 62 valence electrons. The first-order valence-electron chi connectivity index (χ1n) is 3.59. The molecule has 2 aromatic rings. The molecular weight excluding hydrogens is 230 g/mol. The number of hydrogen-bond donors (Lipinski definition) is 0. The van der Waals surface area contributed by atoms with Crippen LogP contribution in [0.25, 0.3) is 15.9 Å². The summed E-state index contributed by atoms with van der Waals surface area (Å²) in [6.45, 7) is 6.78. The summed E-state index contributed by atoms with van der Waals surface area (Å²) in [6, 6.07) is 5.60. The van der Waals surface area contributed by atoms with Crippen molar-refractivity contribution in [1.82, 2.24) is 9.97 Å². The van der Waals surface area contributed by atoms with E-state index < -0.39 is 0 Å². The number of halogens is 1. The van der Waals surface area contributed by atoms with E-state index in [-0.39, 0.29) is 0 Å². The van der Waals surface area contributed by atoms with Crippen LogP contribution in [0.4, 0.5) is 5.82 Å². The van der Waals surface area contributed by atoms with Crippen LogP contribution < -0.4 is 0 Å². The lowest BCUT2D eigenvalue weighted by molar-refractivity contribution is 1.31. The normalized spacial score (nSPS) is 9.85. The van der Waals surface area contributed by atoms with Crippen LogP contribution in [0.5, 0.6) is 0 Å². The van der Waals surface area contributed by atoms with Gasteiger partial charge in [-0.05, 0) is 12.1 Å². The Morgan fingerprint density at radius 3 is 2.92 bits per heavy atom. The topological polar surface area (TPSA) is 30.1 Å². The molecule has 2 rings (SSSR count). The molecular formula is C9H4BrN3. The van der Waals surface area contributed by atoms with Crippen LogP contribution in [0.15, 0.2) is 28.9 Å². The van der Waals surface area contributed by atoms with Crippen LogP contribution >= 0.6 is 15.9 Å². The summed E-state index contributed by atoms with van der Waals surface area (Å²) in [5, 5.41) is 0. The van der Waals surface area contributed by atoms with Gasteiger partial charge in [-0.15, -0.1) is 4.98 Å². The largest absolute Gasteiger partial charge is 0.359 e. The molecule has 13 heavy (non-hydrogen) atoms. The second kappa shape index (κ2) is 3.11. The Morgan fingerprint density at radius 2 is 2.15 bits per heavy atom. The summed E-state index contributed by atoms with van der Waals surface area (Å²) in [5.41, 5.74) is 1.54. The molecule has 3 nitrogen and oxygen atoms in total. The molecule has 1 heterocycles. The summed E-state index contributed by atoms with van der Waals surface area (Å²) >= 11 is 3.33. The van der Waals surface area contributed by atoms with Gasteiger partial charge in [0.05, 0.1) is 6.20 Å². The fraction of sp³-hybridized carbons (Fsp3) is 0. The first-order chi connectivity index (χ1) is 6.29. The van der Waals surface area contributed by atoms with Gasteiger partial charge < -0.3 is 4.85 Å². The van der Waals surface area contributed by atoms with Crippen molar-refractivity contribution < 1.29 is 0 Å². The Morgan fingerprint density at radius 1 is 1.31 bits per heavy atom. The second-order valence-corrected chi connectivity index (χ2v) is 3.39. The zero-order valence-corrected chi connectivity index (χ0v) is 8.12. The van der Waals surface area contributed by atoms with E-state index in [1.54, 1.807) is 0 Å². The first kappa shape index (κ1) is 8.14. The van der Waals surface area contributed by atoms with Crippen molar-refractivity contribution in [3.8, 4) is 0 Å². The van der Waals surface area contributed by atoms with Gasteiger partial charge in [0.2, 0.25) is 0 Å². The summed E-state index contributed by atoms with van der Waals surface area (Å²) in [4.78, 5) is 11.4. The van der Waals surface area contributed by atoms with Gasteiger partial charge in [-0.2, -0.15) is 0 Å². The Kier molecular flexibility index (Phi) is 1.95. The average molecular weight is 234 g/mol. The van der Waals surface area contributed by atoms with E-state index >= 15 is 0 Å². The van der Waals surface area contributed by atoms with Crippen molar-refractivity contribution in [3.05, 3.63) is 40.3 Å². The van der Waals surface area contributed by atoms with Crippen molar-refractivity contribution >= 4 is 32.8 Å². The van der Waals surface area contributed by atoms with Gasteiger partial charge in [0.1, 0.15) is 5.52 Å². The van der Waals surface area contributed by atoms with Crippen molar-refractivity contribution in [2.45, 2.75) is 0 Å². The van der Waals surface area contributed by atoms with Gasteiger partial charge in [0.25, 0.3) is 5.82 Å². The third-order valence-corrected chi connectivity index (χ3v) is 2.10. The lowest BCUT2D eigenvalue weighted by atomic mass is 10.3. The molecule has 0 saturated heterocycles. The molecule has 1 aromatic carbocycles. The minimum atomic E-state index is 0.325. The molecule has 0 aliphatic heterocycles. The fourth-order valence-electron chi connectivity index (χ4n) is 1.03. The molecule has 0 radical (unpaired) electrons. The highest BCUT2D eigenvalue weighted by Gasteiger charge is 2.01. The molecule has 0 saturated carbocycles. The van der Waals surface area contributed by atoms with Crippen molar-refractivity contribution in [2.24, 2.45) is 0 Å². The average Bonchev–Trinajstić information content (AvgIpc) is 2.16. The van der Waals surface area contributed by atoms with Crippen molar-refractivity contribution in [2.75, 3.05) is 0 Å². The summed E-state index contributed by atoms with van der Waals surface area (Å²) in [5.74, 6) is 0.325. The molecule has 1 aromatic heterocycles. The maximum Gasteiger partial charge on any atom is 0.288 e. The molecule has 0 fully saturated rings. The molecule has 0 unspecified atom stereocenters. The SMILES string of the molecule is [C-]#[N+]c1cnc2ccc(Br)cc2n1. The fourth-order valence-corrected chi connectivity index (χ4v) is 1.38. The van der Waals surface area contributed by atoms with Crippen LogP contribution in [-0.4, -0.2) is 9.97 Å². The van der Waals surface area contributed by atoms with Crippen LogP contribution in [0.3, 0.4) is 0 Å². The molecule has 0 aliphatic carbocycles. The maximum absolute atomic E-state index is 6.78. The highest BCUT2D eigenvalue weighted by molar-refractivity contribution is 9.10. The number of rotatable bonds is 0. The van der Waals surface area contributed by atoms with Crippen LogP contribution in [0.2, 0.25) is 0 Å². The Bertz CT molecular complexity index is 502. The monoisotopic (exact) mass is 233 g/mol. The summed E-state index contributed by atoms with van der Waals surface area (Å²) in [6.07, 6.45) is 1.48. The summed E-state index contributed by atoms with van der Waals surface area (Å²) in [7, 11) is 0. The van der Waals surface area contributed by atoms with Crippen LogP contribution in [0, 0.1) is 6.57 Å². The van der Waals surface area contributed by atoms with E-state index in [1.807, 2.05) is 18.2 Å². The van der Waals surface area contributed by atoms with E-state index in [1.165, 1.54) is 6.20 Å².